The Morgan fingerprint density at radius 3 is 2.61 bits per heavy atom. The van der Waals surface area contributed by atoms with Crippen molar-refractivity contribution in [1.82, 2.24) is 10.2 Å². The Balaban J connectivity index is 1.88. The molecule has 0 saturated carbocycles. The molecule has 0 spiro atoms. The Hall–Kier alpha value is -2.67. The maximum absolute atomic E-state index is 11.0. The standard InChI is InChI=1S/C16H13N3O3S/c1-10-7-8-12(9-11(10)2)15-17-18-16(22-15)23-14-6-4-3-5-13(14)19(20)21/h3-9H,1-2H3. The van der Waals surface area contributed by atoms with Gasteiger partial charge in [0.15, 0.2) is 0 Å². The minimum atomic E-state index is -0.428. The second-order valence-corrected chi connectivity index (χ2v) is 5.99. The lowest BCUT2D eigenvalue weighted by Gasteiger charge is -2.01. The maximum Gasteiger partial charge on any atom is 0.283 e. The van der Waals surface area contributed by atoms with Crippen LogP contribution in [0.2, 0.25) is 0 Å². The van der Waals surface area contributed by atoms with Crippen molar-refractivity contribution in [3.8, 4) is 11.5 Å². The second kappa shape index (κ2) is 6.21. The normalized spacial score (nSPS) is 10.7. The molecule has 3 rings (SSSR count). The van der Waals surface area contributed by atoms with Crippen LogP contribution in [0.25, 0.3) is 11.5 Å². The first-order valence-electron chi connectivity index (χ1n) is 6.87. The molecule has 116 valence electrons. The molecule has 23 heavy (non-hydrogen) atoms. The topological polar surface area (TPSA) is 82.1 Å². The maximum atomic E-state index is 11.0. The highest BCUT2D eigenvalue weighted by Crippen LogP contribution is 2.35. The van der Waals surface area contributed by atoms with E-state index in [1.54, 1.807) is 18.2 Å². The van der Waals surface area contributed by atoms with Crippen molar-refractivity contribution >= 4 is 17.4 Å². The molecule has 0 atom stereocenters. The number of aryl methyl sites for hydroxylation is 2. The number of hydrogen-bond acceptors (Lipinski definition) is 6. The van der Waals surface area contributed by atoms with E-state index in [1.807, 2.05) is 32.0 Å². The Bertz CT molecular complexity index is 877. The number of rotatable bonds is 4. The van der Waals surface area contributed by atoms with Gasteiger partial charge in [-0.05, 0) is 54.9 Å². The molecule has 0 saturated heterocycles. The minimum Gasteiger partial charge on any atom is -0.411 e. The fourth-order valence-electron chi connectivity index (χ4n) is 2.03. The van der Waals surface area contributed by atoms with Gasteiger partial charge in [0.2, 0.25) is 5.89 Å². The van der Waals surface area contributed by atoms with Crippen molar-refractivity contribution in [1.29, 1.82) is 0 Å². The monoisotopic (exact) mass is 327 g/mol. The summed E-state index contributed by atoms with van der Waals surface area (Å²) in [6, 6.07) is 12.3. The predicted molar refractivity (Wildman–Crippen MR) is 86.4 cm³/mol. The number of nitro benzene ring substituents is 1. The molecule has 0 radical (unpaired) electrons. The van der Waals surface area contributed by atoms with Gasteiger partial charge in [-0.1, -0.05) is 18.2 Å². The van der Waals surface area contributed by atoms with Crippen molar-refractivity contribution in [2.45, 2.75) is 24.0 Å². The van der Waals surface area contributed by atoms with Crippen molar-refractivity contribution < 1.29 is 9.34 Å². The van der Waals surface area contributed by atoms with Crippen LogP contribution < -0.4 is 0 Å². The van der Waals surface area contributed by atoms with Gasteiger partial charge < -0.3 is 4.42 Å². The van der Waals surface area contributed by atoms with Crippen LogP contribution in [0.3, 0.4) is 0 Å². The molecular weight excluding hydrogens is 314 g/mol. The molecule has 0 aliphatic carbocycles. The molecule has 0 aliphatic rings. The third kappa shape index (κ3) is 3.24. The lowest BCUT2D eigenvalue weighted by molar-refractivity contribution is -0.387. The van der Waals surface area contributed by atoms with Gasteiger partial charge in [0.25, 0.3) is 10.9 Å². The average Bonchev–Trinajstić information content (AvgIpc) is 2.99. The summed E-state index contributed by atoms with van der Waals surface area (Å²) < 4.78 is 5.62. The molecule has 0 unspecified atom stereocenters. The third-order valence-electron chi connectivity index (χ3n) is 3.42. The van der Waals surface area contributed by atoms with Gasteiger partial charge in [0.05, 0.1) is 9.82 Å². The molecule has 6 nitrogen and oxygen atoms in total. The zero-order valence-electron chi connectivity index (χ0n) is 12.5. The van der Waals surface area contributed by atoms with E-state index in [0.29, 0.717) is 10.8 Å². The van der Waals surface area contributed by atoms with E-state index in [9.17, 15) is 10.1 Å². The number of nitrogens with zero attached hydrogens (tertiary/aromatic N) is 3. The van der Waals surface area contributed by atoms with Crippen LogP contribution in [-0.2, 0) is 0 Å². The Kier molecular flexibility index (Phi) is 4.12. The SMILES string of the molecule is Cc1ccc(-c2nnc(Sc3ccccc3[N+](=O)[O-])o2)cc1C. The molecule has 7 heteroatoms. The Morgan fingerprint density at radius 2 is 1.87 bits per heavy atom. The lowest BCUT2D eigenvalue weighted by Crippen LogP contribution is -1.89. The van der Waals surface area contributed by atoms with Crippen LogP contribution in [0, 0.1) is 24.0 Å². The van der Waals surface area contributed by atoms with Gasteiger partial charge in [0, 0.05) is 11.6 Å². The van der Waals surface area contributed by atoms with Crippen molar-refractivity contribution in [3.05, 3.63) is 63.7 Å². The van der Waals surface area contributed by atoms with Gasteiger partial charge in [-0.3, -0.25) is 10.1 Å². The van der Waals surface area contributed by atoms with Crippen molar-refractivity contribution in [2.24, 2.45) is 0 Å². The smallest absolute Gasteiger partial charge is 0.283 e. The van der Waals surface area contributed by atoms with Crippen molar-refractivity contribution in [3.63, 3.8) is 0 Å². The summed E-state index contributed by atoms with van der Waals surface area (Å²) >= 11 is 1.08. The second-order valence-electron chi connectivity index (χ2n) is 5.00. The van der Waals surface area contributed by atoms with Crippen LogP contribution >= 0.6 is 11.8 Å². The summed E-state index contributed by atoms with van der Waals surface area (Å²) in [6.45, 7) is 4.04. The Labute approximate surface area is 136 Å². The first-order valence-corrected chi connectivity index (χ1v) is 7.68. The van der Waals surface area contributed by atoms with Crippen molar-refractivity contribution in [2.75, 3.05) is 0 Å². The lowest BCUT2D eigenvalue weighted by atomic mass is 10.1. The van der Waals surface area contributed by atoms with Gasteiger partial charge in [-0.25, -0.2) is 0 Å². The molecule has 1 aromatic heterocycles. The number of para-hydroxylation sites is 1. The molecule has 0 amide bonds. The number of hydrogen-bond donors (Lipinski definition) is 0. The molecule has 1 heterocycles. The van der Waals surface area contributed by atoms with E-state index in [4.69, 9.17) is 4.42 Å². The fourth-order valence-corrected chi connectivity index (χ4v) is 2.81. The summed E-state index contributed by atoms with van der Waals surface area (Å²) in [7, 11) is 0. The highest BCUT2D eigenvalue weighted by Gasteiger charge is 2.17. The van der Waals surface area contributed by atoms with Crippen LogP contribution in [0.5, 0.6) is 0 Å². The zero-order valence-corrected chi connectivity index (χ0v) is 13.3. The molecule has 0 N–H and O–H groups in total. The van der Waals surface area contributed by atoms with Crippen LogP contribution in [0.15, 0.2) is 57.0 Å². The number of benzene rings is 2. The predicted octanol–water partition coefficient (Wildman–Crippen LogP) is 4.41. The quantitative estimate of drug-likeness (QED) is 0.521. The molecule has 2 aromatic carbocycles. The molecule has 0 fully saturated rings. The zero-order chi connectivity index (χ0) is 16.4. The van der Waals surface area contributed by atoms with E-state index in [2.05, 4.69) is 10.2 Å². The first kappa shape index (κ1) is 15.2. The van der Waals surface area contributed by atoms with Crippen LogP contribution in [0.1, 0.15) is 11.1 Å². The number of nitro groups is 1. The van der Waals surface area contributed by atoms with Gasteiger partial charge in [0.1, 0.15) is 0 Å². The summed E-state index contributed by atoms with van der Waals surface area (Å²) in [5.41, 5.74) is 3.16. The largest absolute Gasteiger partial charge is 0.411 e. The molecule has 0 bridgehead atoms. The molecule has 3 aromatic rings. The first-order chi connectivity index (χ1) is 11.0. The summed E-state index contributed by atoms with van der Waals surface area (Å²) in [5, 5.41) is 19.3. The van der Waals surface area contributed by atoms with E-state index in [0.717, 1.165) is 22.9 Å². The van der Waals surface area contributed by atoms with E-state index >= 15 is 0 Å². The van der Waals surface area contributed by atoms with E-state index in [1.165, 1.54) is 11.6 Å². The van der Waals surface area contributed by atoms with Gasteiger partial charge in [-0.2, -0.15) is 0 Å². The van der Waals surface area contributed by atoms with Gasteiger partial charge in [-0.15, -0.1) is 10.2 Å². The highest BCUT2D eigenvalue weighted by molar-refractivity contribution is 7.99. The fraction of sp³-hybridized carbons (Fsp3) is 0.125. The summed E-state index contributed by atoms with van der Waals surface area (Å²) in [6.07, 6.45) is 0. The van der Waals surface area contributed by atoms with E-state index in [-0.39, 0.29) is 10.9 Å². The van der Waals surface area contributed by atoms with Gasteiger partial charge >= 0.3 is 0 Å². The summed E-state index contributed by atoms with van der Waals surface area (Å²) in [4.78, 5) is 11.1. The third-order valence-corrected chi connectivity index (χ3v) is 4.32. The molecule has 0 aliphatic heterocycles. The minimum absolute atomic E-state index is 0.0171. The highest BCUT2D eigenvalue weighted by atomic mass is 32.2. The average molecular weight is 327 g/mol. The van der Waals surface area contributed by atoms with Crippen LogP contribution in [-0.4, -0.2) is 15.1 Å². The summed E-state index contributed by atoms with van der Waals surface area (Å²) in [5.74, 6) is 0.397. The van der Waals surface area contributed by atoms with Crippen LogP contribution in [0.4, 0.5) is 5.69 Å². The van der Waals surface area contributed by atoms with E-state index < -0.39 is 4.92 Å². The number of aromatic nitrogens is 2. The Morgan fingerprint density at radius 1 is 1.09 bits per heavy atom. The molecular formula is C16H13N3O3S.